The van der Waals surface area contributed by atoms with Gasteiger partial charge in [0.15, 0.2) is 0 Å². The molecule has 1 amide bonds. The minimum Gasteiger partial charge on any atom is -0.473 e. The number of carbonyl (C=O) groups excluding carboxylic acids is 1. The molecule has 1 unspecified atom stereocenters. The van der Waals surface area contributed by atoms with Crippen LogP contribution in [0.15, 0.2) is 48.7 Å². The van der Waals surface area contributed by atoms with Crippen molar-refractivity contribution in [3.8, 4) is 5.88 Å². The molecule has 1 fully saturated rings. The first kappa shape index (κ1) is 15.5. The summed E-state index contributed by atoms with van der Waals surface area (Å²) in [7, 11) is 0. The molecular formula is C18H20N2O3. The molecule has 5 heteroatoms. The van der Waals surface area contributed by atoms with Gasteiger partial charge in [-0.25, -0.2) is 4.98 Å². The Hall–Kier alpha value is -2.40. The molecular weight excluding hydrogens is 292 g/mol. The first-order valence-electron chi connectivity index (χ1n) is 7.79. The fourth-order valence-corrected chi connectivity index (χ4v) is 2.70. The van der Waals surface area contributed by atoms with Gasteiger partial charge < -0.3 is 14.7 Å². The number of aliphatic hydroxyl groups excluding tert-OH is 1. The number of nitrogens with zero attached hydrogens (tertiary/aromatic N) is 2. The maximum absolute atomic E-state index is 12.5. The molecule has 0 bridgehead atoms. The lowest BCUT2D eigenvalue weighted by molar-refractivity contribution is 0.0781. The molecule has 5 nitrogen and oxygen atoms in total. The number of hydrogen-bond acceptors (Lipinski definition) is 4. The Morgan fingerprint density at radius 3 is 2.87 bits per heavy atom. The summed E-state index contributed by atoms with van der Waals surface area (Å²) in [6.45, 7) is 1.85. The first-order chi connectivity index (χ1) is 11.3. The van der Waals surface area contributed by atoms with Crippen LogP contribution in [0.5, 0.6) is 5.88 Å². The van der Waals surface area contributed by atoms with Crippen molar-refractivity contribution in [2.24, 2.45) is 5.92 Å². The van der Waals surface area contributed by atoms with Gasteiger partial charge in [0.25, 0.3) is 5.91 Å². The molecule has 0 radical (unpaired) electrons. The summed E-state index contributed by atoms with van der Waals surface area (Å²) in [6, 6.07) is 13.2. The van der Waals surface area contributed by atoms with Crippen LogP contribution in [0.2, 0.25) is 0 Å². The van der Waals surface area contributed by atoms with E-state index in [0.717, 1.165) is 12.0 Å². The van der Waals surface area contributed by atoms with Crippen molar-refractivity contribution in [2.75, 3.05) is 19.7 Å². The quantitative estimate of drug-likeness (QED) is 0.918. The van der Waals surface area contributed by atoms with Gasteiger partial charge in [-0.3, -0.25) is 4.79 Å². The molecule has 1 aliphatic heterocycles. The van der Waals surface area contributed by atoms with Gasteiger partial charge in [0, 0.05) is 43.4 Å². The highest BCUT2D eigenvalue weighted by atomic mass is 16.5. The number of benzene rings is 1. The molecule has 1 N–H and O–H groups in total. The monoisotopic (exact) mass is 312 g/mol. The van der Waals surface area contributed by atoms with Crippen molar-refractivity contribution in [3.63, 3.8) is 0 Å². The molecule has 3 rings (SSSR count). The molecule has 1 aliphatic rings. The first-order valence-corrected chi connectivity index (χ1v) is 7.79. The molecule has 1 saturated heterocycles. The van der Waals surface area contributed by atoms with Crippen molar-refractivity contribution in [3.05, 3.63) is 59.8 Å². The lowest BCUT2D eigenvalue weighted by atomic mass is 10.1. The number of hydrogen-bond donors (Lipinski definition) is 1. The molecule has 23 heavy (non-hydrogen) atoms. The van der Waals surface area contributed by atoms with Crippen LogP contribution < -0.4 is 4.74 Å². The van der Waals surface area contributed by atoms with Crippen LogP contribution in [0.4, 0.5) is 0 Å². The second-order valence-electron chi connectivity index (χ2n) is 5.75. The number of ether oxygens (including phenoxy) is 1. The summed E-state index contributed by atoms with van der Waals surface area (Å²) in [5.74, 6) is 0.597. The van der Waals surface area contributed by atoms with E-state index in [2.05, 4.69) is 4.98 Å². The summed E-state index contributed by atoms with van der Waals surface area (Å²) < 4.78 is 5.67. The number of carbonyl (C=O) groups is 1. The smallest absolute Gasteiger partial charge is 0.254 e. The normalized spacial score (nSPS) is 17.3. The Morgan fingerprint density at radius 2 is 2.13 bits per heavy atom. The van der Waals surface area contributed by atoms with Crippen LogP contribution in [-0.2, 0) is 6.61 Å². The molecule has 0 spiro atoms. The van der Waals surface area contributed by atoms with E-state index in [1.807, 2.05) is 30.3 Å². The third-order valence-corrected chi connectivity index (χ3v) is 4.04. The highest BCUT2D eigenvalue weighted by molar-refractivity contribution is 5.94. The molecule has 1 aromatic heterocycles. The molecule has 2 aromatic rings. The van der Waals surface area contributed by atoms with Gasteiger partial charge in [-0.1, -0.05) is 30.3 Å². The number of aromatic nitrogens is 1. The van der Waals surface area contributed by atoms with E-state index in [4.69, 9.17) is 4.74 Å². The number of rotatable bonds is 5. The average molecular weight is 312 g/mol. The minimum atomic E-state index is -0.0343. The number of pyridine rings is 1. The fourth-order valence-electron chi connectivity index (χ4n) is 2.70. The SMILES string of the molecule is O=C(c1ccnc(OCc2ccccc2)c1)N1CCC(CO)C1. The maximum Gasteiger partial charge on any atom is 0.254 e. The van der Waals surface area contributed by atoms with Gasteiger partial charge in [-0.15, -0.1) is 0 Å². The number of amides is 1. The topological polar surface area (TPSA) is 62.7 Å². The molecule has 0 aliphatic carbocycles. The van der Waals surface area contributed by atoms with Gasteiger partial charge in [0.2, 0.25) is 5.88 Å². The van der Waals surface area contributed by atoms with E-state index in [9.17, 15) is 9.90 Å². The number of aliphatic hydroxyl groups is 1. The van der Waals surface area contributed by atoms with E-state index >= 15 is 0 Å². The zero-order valence-corrected chi connectivity index (χ0v) is 12.9. The van der Waals surface area contributed by atoms with Crippen LogP contribution >= 0.6 is 0 Å². The Morgan fingerprint density at radius 1 is 1.30 bits per heavy atom. The lowest BCUT2D eigenvalue weighted by Crippen LogP contribution is -2.29. The van der Waals surface area contributed by atoms with E-state index in [0.29, 0.717) is 31.1 Å². The zero-order chi connectivity index (χ0) is 16.1. The van der Waals surface area contributed by atoms with Gasteiger partial charge in [0.05, 0.1) is 0 Å². The van der Waals surface area contributed by atoms with Crippen LogP contribution in [0.25, 0.3) is 0 Å². The lowest BCUT2D eigenvalue weighted by Gasteiger charge is -2.16. The molecule has 1 aromatic carbocycles. The van der Waals surface area contributed by atoms with Crippen LogP contribution in [0.1, 0.15) is 22.3 Å². The predicted octanol–water partition coefficient (Wildman–Crippen LogP) is 2.12. The summed E-state index contributed by atoms with van der Waals surface area (Å²) in [5, 5.41) is 9.19. The minimum absolute atomic E-state index is 0.0343. The van der Waals surface area contributed by atoms with Crippen molar-refractivity contribution < 1.29 is 14.6 Å². The average Bonchev–Trinajstić information content (AvgIpc) is 3.10. The Labute approximate surface area is 135 Å². The van der Waals surface area contributed by atoms with E-state index in [1.54, 1.807) is 23.2 Å². The van der Waals surface area contributed by atoms with Crippen LogP contribution in [-0.4, -0.2) is 40.6 Å². The van der Waals surface area contributed by atoms with Crippen molar-refractivity contribution in [2.45, 2.75) is 13.0 Å². The van der Waals surface area contributed by atoms with Crippen molar-refractivity contribution in [1.29, 1.82) is 0 Å². The molecule has 2 heterocycles. The Bertz CT molecular complexity index is 660. The predicted molar refractivity (Wildman–Crippen MR) is 86.1 cm³/mol. The molecule has 1 atom stereocenters. The largest absolute Gasteiger partial charge is 0.473 e. The molecule has 0 saturated carbocycles. The summed E-state index contributed by atoms with van der Waals surface area (Å²) in [5.41, 5.74) is 1.62. The number of likely N-dealkylation sites (tertiary alicyclic amines) is 1. The highest BCUT2D eigenvalue weighted by Gasteiger charge is 2.26. The second-order valence-corrected chi connectivity index (χ2v) is 5.75. The van der Waals surface area contributed by atoms with E-state index in [-0.39, 0.29) is 18.4 Å². The van der Waals surface area contributed by atoms with Gasteiger partial charge >= 0.3 is 0 Å². The van der Waals surface area contributed by atoms with Gasteiger partial charge in [0.1, 0.15) is 6.61 Å². The summed E-state index contributed by atoms with van der Waals surface area (Å²) >= 11 is 0. The zero-order valence-electron chi connectivity index (χ0n) is 12.9. The van der Waals surface area contributed by atoms with Gasteiger partial charge in [-0.05, 0) is 18.1 Å². The van der Waals surface area contributed by atoms with E-state index < -0.39 is 0 Å². The standard InChI is InChI=1S/C18H20N2O3/c21-12-15-7-9-20(11-15)18(22)16-6-8-19-17(10-16)23-13-14-4-2-1-3-5-14/h1-6,8,10,15,21H,7,9,11-13H2. The Kier molecular flexibility index (Phi) is 4.88. The second kappa shape index (κ2) is 7.24. The summed E-state index contributed by atoms with van der Waals surface area (Å²) in [6.07, 6.45) is 2.44. The fraction of sp³-hybridized carbons (Fsp3) is 0.333. The van der Waals surface area contributed by atoms with Crippen molar-refractivity contribution >= 4 is 5.91 Å². The maximum atomic E-state index is 12.5. The third kappa shape index (κ3) is 3.87. The highest BCUT2D eigenvalue weighted by Crippen LogP contribution is 2.19. The Balaban J connectivity index is 1.64. The van der Waals surface area contributed by atoms with Crippen LogP contribution in [0, 0.1) is 5.92 Å². The molecule has 120 valence electrons. The third-order valence-electron chi connectivity index (χ3n) is 4.04. The van der Waals surface area contributed by atoms with Crippen LogP contribution in [0.3, 0.4) is 0 Å². The van der Waals surface area contributed by atoms with Crippen molar-refractivity contribution in [1.82, 2.24) is 9.88 Å². The van der Waals surface area contributed by atoms with Gasteiger partial charge in [-0.2, -0.15) is 0 Å². The van der Waals surface area contributed by atoms with E-state index in [1.165, 1.54) is 0 Å². The summed E-state index contributed by atoms with van der Waals surface area (Å²) in [4.78, 5) is 18.4.